The van der Waals surface area contributed by atoms with Crippen LogP contribution in [0.3, 0.4) is 0 Å². The van der Waals surface area contributed by atoms with E-state index in [0.717, 1.165) is 42.1 Å². The molecule has 0 unspecified atom stereocenters. The molecule has 0 radical (unpaired) electrons. The van der Waals surface area contributed by atoms with E-state index in [1.54, 1.807) is 38.0 Å². The summed E-state index contributed by atoms with van der Waals surface area (Å²) in [6, 6.07) is 4.61. The third kappa shape index (κ3) is 14.7. The number of hydrogen-bond acceptors (Lipinski definition) is 10. The Morgan fingerprint density at radius 1 is 0.897 bits per heavy atom. The summed E-state index contributed by atoms with van der Waals surface area (Å²) < 4.78 is 12.2. The Morgan fingerprint density at radius 3 is 2.24 bits per heavy atom. The maximum absolute atomic E-state index is 14.6. The van der Waals surface area contributed by atoms with Crippen molar-refractivity contribution < 1.29 is 48.2 Å². The van der Waals surface area contributed by atoms with Crippen molar-refractivity contribution in [3.8, 4) is 0 Å². The van der Waals surface area contributed by atoms with Crippen LogP contribution in [0.5, 0.6) is 0 Å². The van der Waals surface area contributed by atoms with Crippen LogP contribution in [0.1, 0.15) is 118 Å². The van der Waals surface area contributed by atoms with Crippen molar-refractivity contribution in [1.29, 1.82) is 0 Å². The Balaban J connectivity index is 1.48. The van der Waals surface area contributed by atoms with Gasteiger partial charge in [-0.05, 0) is 81.5 Å². The number of carbonyl (C=O) groups is 6. The number of hydrogen-bond donors (Lipinski definition) is 4. The van der Waals surface area contributed by atoms with Crippen LogP contribution >= 0.6 is 0 Å². The number of aliphatic carboxylic acids is 1. The Kier molecular flexibility index (Phi) is 22.2. The largest absolute Gasteiger partial charge is 0.481 e. The lowest BCUT2D eigenvalue weighted by atomic mass is 9.89. The molecule has 4 rings (SSSR count). The topological polar surface area (TPSA) is 203 Å². The maximum Gasteiger partial charge on any atom is 0.303 e. The first kappa shape index (κ1) is 56.0. The average molecular weight is 954 g/mol. The Bertz CT molecular complexity index is 1950. The average Bonchev–Trinajstić information content (AvgIpc) is 3.97. The number of fused-ring (bicyclic) bond motifs is 1. The molecular weight excluding hydrogens is 871 g/mol. The molecule has 2 fully saturated rings. The minimum atomic E-state index is -0.907. The Hall–Kier alpha value is -4.58. The molecule has 9 atom stereocenters. The van der Waals surface area contributed by atoms with Gasteiger partial charge in [0.15, 0.2) is 0 Å². The highest BCUT2D eigenvalue weighted by molar-refractivity contribution is 5.91. The predicted molar refractivity (Wildman–Crippen MR) is 261 cm³/mol. The van der Waals surface area contributed by atoms with Gasteiger partial charge < -0.3 is 40.0 Å². The second-order valence-electron chi connectivity index (χ2n) is 19.8. The lowest BCUT2D eigenvalue weighted by Gasteiger charge is -2.41. The molecule has 17 nitrogen and oxygen atoms in total. The molecule has 2 aliphatic heterocycles. The molecule has 0 saturated carbocycles. The number of likely N-dealkylation sites (N-methyl/N-ethyl adjacent to an activating group) is 2. The number of carbonyl (C=O) groups excluding carboxylic acids is 5. The first-order valence-corrected chi connectivity index (χ1v) is 25.0. The molecule has 3 heterocycles. The highest BCUT2D eigenvalue weighted by Crippen LogP contribution is 2.30. The second kappa shape index (κ2) is 27.0. The number of nitrogens with zero attached hydrogens (tertiary/aromatic N) is 4. The van der Waals surface area contributed by atoms with E-state index in [1.165, 1.54) is 5.06 Å². The number of ether oxygens (including phenoxy) is 2. The van der Waals surface area contributed by atoms with Gasteiger partial charge >= 0.3 is 5.97 Å². The number of unbranched alkanes of at least 4 members (excludes halogenated alkanes) is 2. The summed E-state index contributed by atoms with van der Waals surface area (Å²) >= 11 is 0. The molecule has 0 bridgehead atoms. The van der Waals surface area contributed by atoms with Gasteiger partial charge in [0, 0.05) is 64.3 Å². The summed E-state index contributed by atoms with van der Waals surface area (Å²) in [6.45, 7) is 15.5. The monoisotopic (exact) mass is 954 g/mol. The molecule has 0 aliphatic carbocycles. The molecule has 0 spiro atoms. The fourth-order valence-corrected chi connectivity index (χ4v) is 10.2. The maximum atomic E-state index is 14.6. The number of carboxylic acid groups (broad SMARTS) is 1. The number of aromatic amines is 1. The van der Waals surface area contributed by atoms with Crippen molar-refractivity contribution in [1.82, 2.24) is 35.4 Å². The zero-order chi connectivity index (χ0) is 50.2. The van der Waals surface area contributed by atoms with Crippen LogP contribution in [0.15, 0.2) is 30.5 Å². The minimum Gasteiger partial charge on any atom is -0.481 e. The van der Waals surface area contributed by atoms with E-state index in [9.17, 15) is 28.8 Å². The summed E-state index contributed by atoms with van der Waals surface area (Å²) in [6.07, 6.45) is 6.53. The van der Waals surface area contributed by atoms with Crippen molar-refractivity contribution in [2.75, 3.05) is 54.6 Å². The van der Waals surface area contributed by atoms with Gasteiger partial charge in [0.1, 0.15) is 12.1 Å². The normalized spacial score (nSPS) is 19.1. The van der Waals surface area contributed by atoms with Gasteiger partial charge in [0.25, 0.3) is 5.91 Å². The van der Waals surface area contributed by atoms with E-state index in [1.807, 2.05) is 84.0 Å². The van der Waals surface area contributed by atoms with Crippen molar-refractivity contribution >= 4 is 46.4 Å². The second-order valence-corrected chi connectivity index (χ2v) is 19.8. The van der Waals surface area contributed by atoms with Crippen LogP contribution in [0.2, 0.25) is 0 Å². The van der Waals surface area contributed by atoms with E-state index in [0.29, 0.717) is 51.9 Å². The van der Waals surface area contributed by atoms with Crippen LogP contribution in [0.25, 0.3) is 10.9 Å². The number of nitrogens with one attached hydrogen (secondary N) is 3. The first-order valence-electron chi connectivity index (χ1n) is 25.0. The van der Waals surface area contributed by atoms with Gasteiger partial charge in [0.05, 0.1) is 49.3 Å². The summed E-state index contributed by atoms with van der Waals surface area (Å²) in [4.78, 5) is 96.8. The molecule has 1 aromatic heterocycles. The summed E-state index contributed by atoms with van der Waals surface area (Å²) in [5.74, 6) is -3.36. The van der Waals surface area contributed by atoms with Crippen LogP contribution in [-0.2, 0) is 49.5 Å². The number of rotatable bonds is 27. The molecular formula is C51H83N7O10. The summed E-state index contributed by atoms with van der Waals surface area (Å²) in [5, 5.41) is 17.5. The standard InChI is InChI=1S/C51H83N7O10/c1-12-34(6)46(56(9)51(65)44(32(2)3)54-49(63)45(33(4)5)55(8)25-17-13-14-24-43(60)61)41(66-10)30-42(59)57-26-20-23-40(57)47(67-11)35(7)48(62)53-39(50(64)58-27-18-19-28-68-58)29-36-31-52-38-22-16-15-21-37(36)38/h15-16,21-22,31-35,39-41,44-47,52H,12-14,17-20,23-30H2,1-11H3,(H,53,62)(H,54,63)(H,60,61)/t34-,35+,39-,40-,41+,44-,45-,46-,47+/m0/s1. The van der Waals surface area contributed by atoms with E-state index in [2.05, 4.69) is 15.6 Å². The number of likely N-dealkylation sites (tertiary alicyclic amines) is 1. The molecule has 2 aromatic rings. The number of carboxylic acids is 1. The SMILES string of the molecule is CC[C@H](C)[C@@H]([C@@H](CC(=O)N1CCC[C@H]1[C@H](OC)[C@@H](C)C(=O)N[C@@H](Cc1c[nH]c2ccccc12)C(=O)N1CCCCO1)OC)N(C)C(=O)[C@@H](NC(=O)[C@H](C(C)C)N(C)CCCCCC(=O)O)C(C)C. The van der Waals surface area contributed by atoms with Crippen molar-refractivity contribution in [3.63, 3.8) is 0 Å². The lowest BCUT2D eigenvalue weighted by molar-refractivity contribution is -0.199. The summed E-state index contributed by atoms with van der Waals surface area (Å²) in [7, 11) is 6.69. The number of aromatic nitrogens is 1. The lowest BCUT2D eigenvalue weighted by Crippen LogP contribution is -2.60. The van der Waals surface area contributed by atoms with Gasteiger partial charge in [-0.1, -0.05) is 79.5 Å². The van der Waals surface area contributed by atoms with Gasteiger partial charge in [0.2, 0.25) is 23.6 Å². The van der Waals surface area contributed by atoms with E-state index < -0.39 is 54.3 Å². The number of hydroxylamine groups is 2. The van der Waals surface area contributed by atoms with Crippen molar-refractivity contribution in [2.24, 2.45) is 23.7 Å². The van der Waals surface area contributed by atoms with E-state index in [4.69, 9.17) is 19.4 Å². The zero-order valence-corrected chi connectivity index (χ0v) is 42.8. The summed E-state index contributed by atoms with van der Waals surface area (Å²) in [5.41, 5.74) is 1.82. The van der Waals surface area contributed by atoms with Gasteiger partial charge in [-0.2, -0.15) is 0 Å². The quantitative estimate of drug-likeness (QED) is 0.0835. The molecule has 4 N–H and O–H groups in total. The molecule has 5 amide bonds. The smallest absolute Gasteiger partial charge is 0.303 e. The van der Waals surface area contributed by atoms with Crippen LogP contribution < -0.4 is 10.6 Å². The van der Waals surface area contributed by atoms with Crippen molar-refractivity contribution in [2.45, 2.75) is 162 Å². The number of methoxy groups -OCH3 is 2. The first-order chi connectivity index (χ1) is 32.4. The number of H-pyrrole nitrogens is 1. The molecule has 68 heavy (non-hydrogen) atoms. The fraction of sp³-hybridized carbons (Fsp3) is 0.725. The van der Waals surface area contributed by atoms with E-state index >= 15 is 0 Å². The van der Waals surface area contributed by atoms with Gasteiger partial charge in [-0.25, -0.2) is 5.06 Å². The van der Waals surface area contributed by atoms with E-state index in [-0.39, 0.29) is 66.6 Å². The van der Waals surface area contributed by atoms with Crippen LogP contribution in [0.4, 0.5) is 0 Å². The van der Waals surface area contributed by atoms with Gasteiger partial charge in [-0.15, -0.1) is 0 Å². The predicted octanol–water partition coefficient (Wildman–Crippen LogP) is 5.41. The third-order valence-corrected chi connectivity index (χ3v) is 14.2. The van der Waals surface area contributed by atoms with Crippen molar-refractivity contribution in [3.05, 3.63) is 36.0 Å². The van der Waals surface area contributed by atoms with Crippen LogP contribution in [0, 0.1) is 23.7 Å². The van der Waals surface area contributed by atoms with Gasteiger partial charge in [-0.3, -0.25) is 38.5 Å². The molecule has 382 valence electrons. The molecule has 1 aromatic carbocycles. The number of benzene rings is 1. The van der Waals surface area contributed by atoms with Crippen LogP contribution in [-0.4, -0.2) is 162 Å². The number of amides is 5. The molecule has 2 aliphatic rings. The minimum absolute atomic E-state index is 0.0287. The fourth-order valence-electron chi connectivity index (χ4n) is 10.2. The zero-order valence-electron chi connectivity index (χ0n) is 42.8. The highest BCUT2D eigenvalue weighted by atomic mass is 16.7. The Labute approximate surface area is 404 Å². The molecule has 17 heteroatoms. The highest BCUT2D eigenvalue weighted by Gasteiger charge is 2.44. The third-order valence-electron chi connectivity index (χ3n) is 14.2. The molecule has 2 saturated heterocycles. The Morgan fingerprint density at radius 2 is 1.62 bits per heavy atom. The number of para-hydroxylation sites is 1.